The number of hydrogen-bond acceptors (Lipinski definition) is 6. The zero-order chi connectivity index (χ0) is 16.2. The van der Waals surface area contributed by atoms with Crippen molar-refractivity contribution in [2.45, 2.75) is 13.1 Å². The summed E-state index contributed by atoms with van der Waals surface area (Å²) in [5.74, 6) is 1.75. The SMILES string of the molecule is COc1ccc(CNCc2ccc3c(c2)OCO3)cc1[N+](=O)[O-]. The Morgan fingerprint density at radius 1 is 1.13 bits per heavy atom. The van der Waals surface area contributed by atoms with Gasteiger partial charge in [0.05, 0.1) is 12.0 Å². The maximum atomic E-state index is 11.0. The van der Waals surface area contributed by atoms with Gasteiger partial charge >= 0.3 is 5.69 Å². The van der Waals surface area contributed by atoms with Gasteiger partial charge in [-0.1, -0.05) is 12.1 Å². The van der Waals surface area contributed by atoms with E-state index in [1.807, 2.05) is 18.2 Å². The molecule has 1 aliphatic heterocycles. The summed E-state index contributed by atoms with van der Waals surface area (Å²) in [7, 11) is 1.42. The standard InChI is InChI=1S/C16H16N2O5/c1-21-14-4-2-11(6-13(14)18(19)20)8-17-9-12-3-5-15-16(7-12)23-10-22-15/h2-7,17H,8-10H2,1H3. The Labute approximate surface area is 132 Å². The van der Waals surface area contributed by atoms with Crippen LogP contribution in [0.2, 0.25) is 0 Å². The number of nitro groups is 1. The average Bonchev–Trinajstić information content (AvgIpc) is 3.02. The van der Waals surface area contributed by atoms with Crippen molar-refractivity contribution in [2.24, 2.45) is 0 Å². The molecule has 7 heteroatoms. The molecule has 0 amide bonds. The number of benzene rings is 2. The minimum absolute atomic E-state index is 0.0325. The molecule has 23 heavy (non-hydrogen) atoms. The molecule has 0 fully saturated rings. The topological polar surface area (TPSA) is 82.9 Å². The maximum absolute atomic E-state index is 11.0. The van der Waals surface area contributed by atoms with E-state index in [9.17, 15) is 10.1 Å². The van der Waals surface area contributed by atoms with Crippen molar-refractivity contribution < 1.29 is 19.1 Å². The highest BCUT2D eigenvalue weighted by atomic mass is 16.7. The van der Waals surface area contributed by atoms with E-state index in [4.69, 9.17) is 14.2 Å². The van der Waals surface area contributed by atoms with E-state index in [0.29, 0.717) is 13.1 Å². The van der Waals surface area contributed by atoms with Crippen molar-refractivity contribution >= 4 is 5.69 Å². The molecule has 0 unspecified atom stereocenters. The van der Waals surface area contributed by atoms with Crippen LogP contribution < -0.4 is 19.5 Å². The first-order valence-electron chi connectivity index (χ1n) is 7.08. The van der Waals surface area contributed by atoms with E-state index in [0.717, 1.165) is 22.6 Å². The minimum atomic E-state index is -0.444. The summed E-state index contributed by atoms with van der Waals surface area (Å²) in [6.45, 7) is 1.39. The fraction of sp³-hybridized carbons (Fsp3) is 0.250. The minimum Gasteiger partial charge on any atom is -0.490 e. The quantitative estimate of drug-likeness (QED) is 0.651. The van der Waals surface area contributed by atoms with Crippen LogP contribution >= 0.6 is 0 Å². The normalized spacial score (nSPS) is 12.2. The second kappa shape index (κ2) is 6.53. The number of hydrogen-bond donors (Lipinski definition) is 1. The number of methoxy groups -OCH3 is 1. The molecule has 0 aliphatic carbocycles. The van der Waals surface area contributed by atoms with Crippen LogP contribution in [-0.2, 0) is 13.1 Å². The van der Waals surface area contributed by atoms with Gasteiger partial charge in [-0.3, -0.25) is 10.1 Å². The van der Waals surface area contributed by atoms with Gasteiger partial charge in [0.25, 0.3) is 0 Å². The first-order chi connectivity index (χ1) is 11.2. The molecule has 0 atom stereocenters. The molecular formula is C16H16N2O5. The summed E-state index contributed by atoms with van der Waals surface area (Å²) < 4.78 is 15.6. The first kappa shape index (κ1) is 15.1. The van der Waals surface area contributed by atoms with Gasteiger partial charge in [-0.15, -0.1) is 0 Å². The third-order valence-corrected chi connectivity index (χ3v) is 3.54. The zero-order valence-corrected chi connectivity index (χ0v) is 12.6. The van der Waals surface area contributed by atoms with Gasteiger partial charge in [-0.05, 0) is 29.3 Å². The van der Waals surface area contributed by atoms with E-state index in [1.54, 1.807) is 12.1 Å². The highest BCUT2D eigenvalue weighted by molar-refractivity contribution is 5.48. The maximum Gasteiger partial charge on any atom is 0.311 e. The Balaban J connectivity index is 1.62. The number of nitro benzene ring substituents is 1. The first-order valence-corrected chi connectivity index (χ1v) is 7.08. The van der Waals surface area contributed by atoms with Gasteiger partial charge in [0.2, 0.25) is 6.79 Å². The van der Waals surface area contributed by atoms with Crippen molar-refractivity contribution in [3.8, 4) is 17.2 Å². The molecule has 2 aromatic rings. The molecule has 1 aliphatic rings. The predicted octanol–water partition coefficient (Wildman–Crippen LogP) is 2.62. The summed E-state index contributed by atoms with van der Waals surface area (Å²) in [6, 6.07) is 10.7. The van der Waals surface area contributed by atoms with E-state index < -0.39 is 4.92 Å². The molecule has 7 nitrogen and oxygen atoms in total. The molecule has 1 N–H and O–H groups in total. The summed E-state index contributed by atoms with van der Waals surface area (Å²) in [6.07, 6.45) is 0. The Hall–Kier alpha value is -2.80. The van der Waals surface area contributed by atoms with Crippen LogP contribution in [0, 0.1) is 10.1 Å². The summed E-state index contributed by atoms with van der Waals surface area (Å²) >= 11 is 0. The Morgan fingerprint density at radius 2 is 1.83 bits per heavy atom. The molecule has 0 saturated heterocycles. The number of nitrogens with one attached hydrogen (secondary N) is 1. The second-order valence-corrected chi connectivity index (χ2v) is 5.05. The third-order valence-electron chi connectivity index (χ3n) is 3.54. The molecule has 1 heterocycles. The Bertz CT molecular complexity index is 732. The molecule has 120 valence electrons. The zero-order valence-electron chi connectivity index (χ0n) is 12.6. The summed E-state index contributed by atoms with van der Waals surface area (Å²) in [5.41, 5.74) is 1.84. The molecular weight excluding hydrogens is 300 g/mol. The fourth-order valence-electron chi connectivity index (χ4n) is 2.39. The fourth-order valence-corrected chi connectivity index (χ4v) is 2.39. The van der Waals surface area contributed by atoms with E-state index in [1.165, 1.54) is 13.2 Å². The lowest BCUT2D eigenvalue weighted by atomic mass is 10.1. The van der Waals surface area contributed by atoms with Crippen LogP contribution in [0.3, 0.4) is 0 Å². The van der Waals surface area contributed by atoms with Crippen molar-refractivity contribution in [1.82, 2.24) is 5.32 Å². The largest absolute Gasteiger partial charge is 0.490 e. The predicted molar refractivity (Wildman–Crippen MR) is 82.8 cm³/mol. The van der Waals surface area contributed by atoms with Gasteiger partial charge in [0.15, 0.2) is 17.2 Å². The van der Waals surface area contributed by atoms with Crippen molar-refractivity contribution in [3.05, 3.63) is 57.6 Å². The van der Waals surface area contributed by atoms with Crippen molar-refractivity contribution in [3.63, 3.8) is 0 Å². The van der Waals surface area contributed by atoms with Gasteiger partial charge in [0.1, 0.15) is 0 Å². The molecule has 0 saturated carbocycles. The molecule has 0 aromatic heterocycles. The average molecular weight is 316 g/mol. The highest BCUT2D eigenvalue weighted by Crippen LogP contribution is 2.32. The van der Waals surface area contributed by atoms with E-state index >= 15 is 0 Å². The van der Waals surface area contributed by atoms with E-state index in [2.05, 4.69) is 5.32 Å². The van der Waals surface area contributed by atoms with Gasteiger partial charge in [-0.2, -0.15) is 0 Å². The van der Waals surface area contributed by atoms with Gasteiger partial charge in [-0.25, -0.2) is 0 Å². The number of ether oxygens (including phenoxy) is 3. The molecule has 3 rings (SSSR count). The summed E-state index contributed by atoms with van der Waals surface area (Å²) in [4.78, 5) is 10.6. The number of rotatable bonds is 6. The van der Waals surface area contributed by atoms with Gasteiger partial charge in [0, 0.05) is 19.2 Å². The van der Waals surface area contributed by atoms with Crippen LogP contribution in [0.1, 0.15) is 11.1 Å². The third kappa shape index (κ3) is 3.35. The lowest BCUT2D eigenvalue weighted by molar-refractivity contribution is -0.385. The lowest BCUT2D eigenvalue weighted by Crippen LogP contribution is -2.12. The van der Waals surface area contributed by atoms with Crippen molar-refractivity contribution in [2.75, 3.05) is 13.9 Å². The number of fused-ring (bicyclic) bond motifs is 1. The van der Waals surface area contributed by atoms with Crippen LogP contribution in [-0.4, -0.2) is 18.8 Å². The van der Waals surface area contributed by atoms with Crippen LogP contribution in [0.25, 0.3) is 0 Å². The lowest BCUT2D eigenvalue weighted by Gasteiger charge is -2.07. The van der Waals surface area contributed by atoms with Crippen LogP contribution in [0.4, 0.5) is 5.69 Å². The Morgan fingerprint density at radius 3 is 2.57 bits per heavy atom. The molecule has 0 spiro atoms. The molecule has 0 bridgehead atoms. The Kier molecular flexibility index (Phi) is 4.29. The molecule has 2 aromatic carbocycles. The van der Waals surface area contributed by atoms with Crippen molar-refractivity contribution in [1.29, 1.82) is 0 Å². The number of nitrogens with zero attached hydrogens (tertiary/aromatic N) is 1. The molecule has 0 radical (unpaired) electrons. The smallest absolute Gasteiger partial charge is 0.311 e. The van der Waals surface area contributed by atoms with Gasteiger partial charge < -0.3 is 19.5 Å². The summed E-state index contributed by atoms with van der Waals surface area (Å²) in [5, 5.41) is 14.3. The highest BCUT2D eigenvalue weighted by Gasteiger charge is 2.15. The van der Waals surface area contributed by atoms with Crippen LogP contribution in [0.15, 0.2) is 36.4 Å². The van der Waals surface area contributed by atoms with Crippen LogP contribution in [0.5, 0.6) is 17.2 Å². The second-order valence-electron chi connectivity index (χ2n) is 5.05. The van der Waals surface area contributed by atoms with E-state index in [-0.39, 0.29) is 18.2 Å². The monoisotopic (exact) mass is 316 g/mol.